The molecule has 1 aromatic carbocycles. The van der Waals surface area contributed by atoms with E-state index in [1.165, 1.54) is 5.56 Å². The van der Waals surface area contributed by atoms with Gasteiger partial charge in [0, 0.05) is 83.7 Å². The third-order valence-electron chi connectivity index (χ3n) is 5.80. The summed E-state index contributed by atoms with van der Waals surface area (Å²) in [6, 6.07) is 9.13. The zero-order valence-corrected chi connectivity index (χ0v) is 19.2. The van der Waals surface area contributed by atoms with Crippen LogP contribution in [0.4, 0.5) is 5.69 Å². The molecule has 0 radical (unpaired) electrons. The van der Waals surface area contributed by atoms with Crippen molar-refractivity contribution in [2.24, 2.45) is 5.73 Å². The van der Waals surface area contributed by atoms with Crippen LogP contribution in [-0.4, -0.2) is 82.8 Å². The highest BCUT2D eigenvalue weighted by atomic mass is 15.3. The number of rotatable bonds is 5. The van der Waals surface area contributed by atoms with E-state index in [1.807, 2.05) is 0 Å². The molecule has 0 spiro atoms. The Bertz CT molecular complexity index is 618. The molecule has 2 fully saturated rings. The van der Waals surface area contributed by atoms with Crippen LogP contribution in [-0.2, 0) is 6.54 Å². The molecule has 2 heterocycles. The Morgan fingerprint density at radius 2 is 1.35 bits per heavy atom. The molecule has 0 unspecified atom stereocenters. The number of hydrogen-bond donors (Lipinski definition) is 9. The molecule has 0 amide bonds. The van der Waals surface area contributed by atoms with Gasteiger partial charge >= 0.3 is 0 Å². The van der Waals surface area contributed by atoms with Crippen LogP contribution < -0.4 is 48.3 Å². The Balaban J connectivity index is 1.68. The minimum atomic E-state index is -0.456. The first kappa shape index (κ1) is 24.3. The molecule has 31 heavy (non-hydrogen) atoms. The number of anilines is 1. The molecule has 3 rings (SSSR count). The molecule has 0 aliphatic carbocycles. The van der Waals surface area contributed by atoms with Crippen LogP contribution in [0.1, 0.15) is 19.4 Å². The molecular weight excluding hydrogens is 390 g/mol. The summed E-state index contributed by atoms with van der Waals surface area (Å²) in [5.74, 6) is 0. The van der Waals surface area contributed by atoms with Crippen LogP contribution >= 0.6 is 0 Å². The molecule has 2 bridgehead atoms. The van der Waals surface area contributed by atoms with Crippen LogP contribution in [0.15, 0.2) is 24.3 Å². The van der Waals surface area contributed by atoms with Crippen molar-refractivity contribution in [2.75, 3.05) is 70.8 Å². The van der Waals surface area contributed by atoms with E-state index < -0.39 is 5.66 Å². The lowest BCUT2D eigenvalue weighted by Gasteiger charge is -2.39. The lowest BCUT2D eigenvalue weighted by Crippen LogP contribution is -2.71. The second kappa shape index (κ2) is 12.1. The summed E-state index contributed by atoms with van der Waals surface area (Å²) in [4.78, 5) is 0. The third kappa shape index (κ3) is 8.28. The fraction of sp³-hybridized carbons (Fsp3) is 0.727. The lowest BCUT2D eigenvalue weighted by atomic mass is 10.1. The van der Waals surface area contributed by atoms with Gasteiger partial charge in [-0.15, -0.1) is 0 Å². The normalized spacial score (nSPS) is 29.2. The average Bonchev–Trinajstić information content (AvgIpc) is 2.73. The predicted octanol–water partition coefficient (Wildman–Crippen LogP) is -1.49. The largest absolute Gasteiger partial charge is 0.383 e. The smallest absolute Gasteiger partial charge is 0.0946 e. The van der Waals surface area contributed by atoms with E-state index in [2.05, 4.69) is 80.6 Å². The number of fused-ring (bicyclic) bond motifs is 5. The van der Waals surface area contributed by atoms with Gasteiger partial charge in [0.2, 0.25) is 0 Å². The first-order valence-electron chi connectivity index (χ1n) is 11.7. The molecule has 9 nitrogen and oxygen atoms in total. The molecule has 9 heteroatoms. The maximum atomic E-state index is 6.62. The summed E-state index contributed by atoms with van der Waals surface area (Å²) >= 11 is 0. The van der Waals surface area contributed by atoms with Crippen LogP contribution in [0.25, 0.3) is 0 Å². The van der Waals surface area contributed by atoms with Gasteiger partial charge in [-0.3, -0.25) is 16.0 Å². The van der Waals surface area contributed by atoms with E-state index in [0.29, 0.717) is 6.04 Å². The van der Waals surface area contributed by atoms with Crippen molar-refractivity contribution < 1.29 is 0 Å². The first-order valence-corrected chi connectivity index (χ1v) is 11.7. The van der Waals surface area contributed by atoms with Crippen molar-refractivity contribution in [1.82, 2.24) is 37.2 Å². The monoisotopic (exact) mass is 433 g/mol. The highest BCUT2D eigenvalue weighted by Gasteiger charge is 2.30. The Morgan fingerprint density at radius 1 is 0.806 bits per heavy atom. The van der Waals surface area contributed by atoms with Crippen LogP contribution in [0.5, 0.6) is 0 Å². The predicted molar refractivity (Wildman–Crippen MR) is 129 cm³/mol. The second-order valence-electron chi connectivity index (χ2n) is 9.15. The number of benzene rings is 1. The molecule has 176 valence electrons. The molecular formula is C22H43N9. The summed E-state index contributed by atoms with van der Waals surface area (Å²) in [5.41, 5.74) is 8.33. The molecule has 2 aliphatic rings. The Labute approximate surface area is 187 Å². The number of nitrogens with two attached hydrogens (primary N) is 1. The molecule has 1 aromatic rings. The molecule has 2 aliphatic heterocycles. The zero-order chi connectivity index (χ0) is 22.0. The van der Waals surface area contributed by atoms with Gasteiger partial charge in [0.05, 0.1) is 11.3 Å². The van der Waals surface area contributed by atoms with E-state index in [-0.39, 0.29) is 5.66 Å². The summed E-state index contributed by atoms with van der Waals surface area (Å²) in [7, 11) is 0. The highest BCUT2D eigenvalue weighted by molar-refractivity contribution is 5.45. The van der Waals surface area contributed by atoms with Gasteiger partial charge in [0.15, 0.2) is 0 Å². The van der Waals surface area contributed by atoms with Crippen molar-refractivity contribution in [3.8, 4) is 0 Å². The number of nitrogens with one attached hydrogen (secondary N) is 8. The molecule has 0 atom stereocenters. The maximum Gasteiger partial charge on any atom is 0.0946 e. The summed E-state index contributed by atoms with van der Waals surface area (Å²) in [6.45, 7) is 13.4. The Kier molecular flexibility index (Phi) is 9.48. The topological polar surface area (TPSA) is 122 Å². The third-order valence-corrected chi connectivity index (χ3v) is 5.80. The van der Waals surface area contributed by atoms with Crippen LogP contribution in [0.2, 0.25) is 0 Å². The van der Waals surface area contributed by atoms with Gasteiger partial charge < -0.3 is 32.3 Å². The summed E-state index contributed by atoms with van der Waals surface area (Å²) < 4.78 is 0. The van der Waals surface area contributed by atoms with Gasteiger partial charge in [-0.2, -0.15) is 0 Å². The minimum Gasteiger partial charge on any atom is -0.383 e. The fourth-order valence-electron chi connectivity index (χ4n) is 4.08. The van der Waals surface area contributed by atoms with E-state index in [4.69, 9.17) is 5.73 Å². The van der Waals surface area contributed by atoms with Crippen molar-refractivity contribution in [3.05, 3.63) is 29.8 Å². The van der Waals surface area contributed by atoms with Crippen molar-refractivity contribution in [2.45, 2.75) is 37.8 Å². The number of hydrogen-bond acceptors (Lipinski definition) is 9. The van der Waals surface area contributed by atoms with Gasteiger partial charge in [-0.05, 0) is 31.5 Å². The standard InChI is InChI=1S/C22H43N9/c1-18(2)31-20-5-3-19(4-6-20)13-30-22-16-26-9-7-24-14-21(23,28-11-12-29-22)15-25-8-10-27-17-22/h3-6,18,24-31H,7-17,23H2,1-2H3/t21-,22-. The van der Waals surface area contributed by atoms with E-state index in [0.717, 1.165) is 77.7 Å². The lowest BCUT2D eigenvalue weighted by molar-refractivity contribution is 0.215. The Morgan fingerprint density at radius 3 is 1.94 bits per heavy atom. The maximum absolute atomic E-state index is 6.62. The van der Waals surface area contributed by atoms with E-state index in [1.54, 1.807) is 0 Å². The van der Waals surface area contributed by atoms with Crippen LogP contribution in [0.3, 0.4) is 0 Å². The summed E-state index contributed by atoms with van der Waals surface area (Å²) in [6.07, 6.45) is 0. The fourth-order valence-corrected chi connectivity index (χ4v) is 4.08. The zero-order valence-electron chi connectivity index (χ0n) is 19.2. The van der Waals surface area contributed by atoms with Gasteiger partial charge in [0.25, 0.3) is 0 Å². The summed E-state index contributed by atoms with van der Waals surface area (Å²) in [5, 5.41) is 28.8. The van der Waals surface area contributed by atoms with Gasteiger partial charge in [-0.1, -0.05) is 12.1 Å². The highest BCUT2D eigenvalue weighted by Crippen LogP contribution is 2.12. The quantitative estimate of drug-likeness (QED) is 0.273. The van der Waals surface area contributed by atoms with Gasteiger partial charge in [0.1, 0.15) is 0 Å². The molecule has 2 saturated heterocycles. The average molecular weight is 434 g/mol. The molecule has 10 N–H and O–H groups in total. The Hall–Kier alpha value is -1.30. The minimum absolute atomic E-state index is 0.258. The van der Waals surface area contributed by atoms with Crippen LogP contribution in [0, 0.1) is 0 Å². The molecule has 0 aromatic heterocycles. The van der Waals surface area contributed by atoms with Crippen molar-refractivity contribution >= 4 is 5.69 Å². The SMILES string of the molecule is CC(C)Nc1ccc(CN[C@]23CNCCNC[C@](N)(CNCCNC2)NCCN3)cc1. The van der Waals surface area contributed by atoms with E-state index in [9.17, 15) is 0 Å². The molecule has 0 saturated carbocycles. The van der Waals surface area contributed by atoms with E-state index >= 15 is 0 Å². The first-order chi connectivity index (χ1) is 15.0. The van der Waals surface area contributed by atoms with Gasteiger partial charge in [-0.25, -0.2) is 0 Å². The second-order valence-corrected chi connectivity index (χ2v) is 9.15. The van der Waals surface area contributed by atoms with Crippen molar-refractivity contribution in [3.63, 3.8) is 0 Å². The van der Waals surface area contributed by atoms with Crippen molar-refractivity contribution in [1.29, 1.82) is 0 Å².